The Bertz CT molecular complexity index is 3410. The van der Waals surface area contributed by atoms with E-state index in [0.29, 0.717) is 21.7 Å². The normalized spacial score (nSPS) is 14.6. The molecule has 0 atom stereocenters. The largest absolute Gasteiger partial charge is 0.353 e. The molecule has 0 radical (unpaired) electrons. The number of allylic oxidation sites excluding steroid dienone is 2. The molecule has 0 unspecified atom stereocenters. The van der Waals surface area contributed by atoms with Gasteiger partial charge in [-0.15, -0.1) is 0 Å². The molecule has 2 aromatic heterocycles. The van der Waals surface area contributed by atoms with Crippen molar-refractivity contribution >= 4 is 98.7 Å². The first-order chi connectivity index (χ1) is 24.3. The maximum absolute atomic E-state index is 14.4. The van der Waals surface area contributed by atoms with E-state index in [1.165, 1.54) is 6.07 Å². The van der Waals surface area contributed by atoms with E-state index in [9.17, 15) is 28.8 Å². The van der Waals surface area contributed by atoms with E-state index in [4.69, 9.17) is 4.98 Å². The van der Waals surface area contributed by atoms with Gasteiger partial charge in [-0.25, -0.2) is 4.98 Å². The molecule has 0 bridgehead atoms. The van der Waals surface area contributed by atoms with Crippen molar-refractivity contribution < 1.29 is 14.4 Å². The molecule has 0 spiro atoms. The van der Waals surface area contributed by atoms with Gasteiger partial charge in [-0.05, 0) is 40.4 Å². The van der Waals surface area contributed by atoms with E-state index >= 15 is 0 Å². The molecule has 9 aromatic rings. The van der Waals surface area contributed by atoms with Gasteiger partial charge in [0, 0.05) is 55.4 Å². The van der Waals surface area contributed by atoms with Gasteiger partial charge in [-0.2, -0.15) is 0 Å². The number of rotatable bonds is 0. The summed E-state index contributed by atoms with van der Waals surface area (Å²) in [7, 11) is 0. The van der Waals surface area contributed by atoms with Crippen LogP contribution in [0, 0.1) is 0 Å². The number of ketones is 3. The minimum Gasteiger partial charge on any atom is -0.353 e. The topological polar surface area (TPSA) is 131 Å². The van der Waals surface area contributed by atoms with Gasteiger partial charge in [-0.1, -0.05) is 66.7 Å². The molecular formula is C42H18N2O6. The van der Waals surface area contributed by atoms with Gasteiger partial charge < -0.3 is 4.98 Å². The van der Waals surface area contributed by atoms with Crippen molar-refractivity contribution in [2.24, 2.45) is 0 Å². The Morgan fingerprint density at radius 1 is 0.540 bits per heavy atom. The lowest BCUT2D eigenvalue weighted by atomic mass is 9.76. The van der Waals surface area contributed by atoms with Gasteiger partial charge in [0.2, 0.25) is 0 Å². The Hall–Kier alpha value is -6.93. The number of carbonyl (C=O) groups excluding carboxylic acids is 3. The maximum Gasteiger partial charge on any atom is 0.196 e. The minimum absolute atomic E-state index is 0.0797. The van der Waals surface area contributed by atoms with Gasteiger partial charge in [0.1, 0.15) is 0 Å². The smallest absolute Gasteiger partial charge is 0.196 e. The van der Waals surface area contributed by atoms with Crippen LogP contribution in [0.4, 0.5) is 0 Å². The van der Waals surface area contributed by atoms with Crippen molar-refractivity contribution in [3.05, 3.63) is 150 Å². The monoisotopic (exact) mass is 646 g/mol. The summed E-state index contributed by atoms with van der Waals surface area (Å²) in [6.07, 6.45) is -0.287. The first kappa shape index (κ1) is 27.1. The predicted molar refractivity (Wildman–Crippen MR) is 193 cm³/mol. The van der Waals surface area contributed by atoms with Crippen LogP contribution in [0.25, 0.3) is 81.4 Å². The third-order valence-corrected chi connectivity index (χ3v) is 10.6. The van der Waals surface area contributed by atoms with Crippen molar-refractivity contribution in [2.45, 2.75) is 6.42 Å². The number of Topliss-reactive ketones (excluding diaryl/α,β-unsaturated/α-hetero) is 3. The zero-order valence-corrected chi connectivity index (χ0v) is 25.8. The first-order valence-electron chi connectivity index (χ1n) is 16.1. The molecule has 0 aliphatic heterocycles. The number of hydrogen-bond donors (Lipinski definition) is 1. The van der Waals surface area contributed by atoms with Crippen molar-refractivity contribution in [3.8, 4) is 0 Å². The predicted octanol–water partition coefficient (Wildman–Crippen LogP) is 6.86. The van der Waals surface area contributed by atoms with Gasteiger partial charge in [0.05, 0.1) is 44.2 Å². The third-order valence-electron chi connectivity index (χ3n) is 10.6. The molecular weight excluding hydrogens is 628 g/mol. The molecule has 0 amide bonds. The summed E-state index contributed by atoms with van der Waals surface area (Å²) < 4.78 is 0. The van der Waals surface area contributed by atoms with Gasteiger partial charge >= 0.3 is 0 Å². The van der Waals surface area contributed by atoms with Crippen molar-refractivity contribution in [1.82, 2.24) is 9.97 Å². The molecule has 7 aromatic carbocycles. The zero-order chi connectivity index (χ0) is 33.7. The molecule has 0 fully saturated rings. The fourth-order valence-corrected chi connectivity index (χ4v) is 8.44. The highest BCUT2D eigenvalue weighted by molar-refractivity contribution is 6.46. The van der Waals surface area contributed by atoms with E-state index in [2.05, 4.69) is 4.98 Å². The average molecular weight is 647 g/mol. The van der Waals surface area contributed by atoms with Crippen LogP contribution in [0.1, 0.15) is 43.2 Å². The summed E-state index contributed by atoms with van der Waals surface area (Å²) in [5.74, 6) is -1.15. The molecule has 1 N–H and O–H groups in total. The number of H-pyrrole nitrogens is 1. The van der Waals surface area contributed by atoms with E-state index < -0.39 is 11.2 Å². The first-order valence-corrected chi connectivity index (χ1v) is 16.1. The maximum atomic E-state index is 14.4. The van der Waals surface area contributed by atoms with E-state index in [0.717, 1.165) is 21.5 Å². The van der Waals surface area contributed by atoms with Crippen LogP contribution >= 0.6 is 0 Å². The second-order valence-corrected chi connectivity index (χ2v) is 13.1. The molecule has 50 heavy (non-hydrogen) atoms. The van der Waals surface area contributed by atoms with Crippen molar-refractivity contribution in [2.75, 3.05) is 0 Å². The van der Waals surface area contributed by atoms with Crippen molar-refractivity contribution in [3.63, 3.8) is 0 Å². The minimum atomic E-state index is -0.407. The number of nitrogens with one attached hydrogen (secondary N) is 1. The Balaban J connectivity index is 1.38. The number of aromatic amines is 1. The van der Waals surface area contributed by atoms with Gasteiger partial charge in [0.15, 0.2) is 33.6 Å². The lowest BCUT2D eigenvalue weighted by molar-refractivity contribution is 0.0946. The highest BCUT2D eigenvalue weighted by atomic mass is 16.1. The molecule has 8 nitrogen and oxygen atoms in total. The Labute approximate surface area is 278 Å². The molecule has 232 valence electrons. The van der Waals surface area contributed by atoms with E-state index in [1.807, 2.05) is 24.3 Å². The third kappa shape index (κ3) is 3.13. The number of carbonyl (C=O) groups is 3. The molecule has 0 saturated heterocycles. The molecule has 0 saturated carbocycles. The van der Waals surface area contributed by atoms with Crippen molar-refractivity contribution in [1.29, 1.82) is 0 Å². The second-order valence-electron chi connectivity index (χ2n) is 13.1. The van der Waals surface area contributed by atoms with Gasteiger partial charge in [0.25, 0.3) is 0 Å². The molecule has 11 rings (SSSR count). The summed E-state index contributed by atoms with van der Waals surface area (Å²) in [5, 5.41) is 5.45. The van der Waals surface area contributed by atoms with Crippen LogP contribution in [0.15, 0.2) is 111 Å². The quantitative estimate of drug-likeness (QED) is 0.178. The van der Waals surface area contributed by atoms with Crippen LogP contribution in [0.3, 0.4) is 0 Å². The Kier molecular flexibility index (Phi) is 4.84. The number of hydrogen-bond acceptors (Lipinski definition) is 7. The number of benzene rings is 7. The second kappa shape index (κ2) is 8.94. The lowest BCUT2D eigenvalue weighted by Crippen LogP contribution is -2.27. The van der Waals surface area contributed by atoms with Crippen LogP contribution in [0.2, 0.25) is 0 Å². The zero-order valence-electron chi connectivity index (χ0n) is 25.8. The average Bonchev–Trinajstić information content (AvgIpc) is 3.71. The highest BCUT2D eigenvalue weighted by Crippen LogP contribution is 2.47. The Morgan fingerprint density at radius 2 is 1.24 bits per heavy atom. The van der Waals surface area contributed by atoms with E-state index in [1.54, 1.807) is 60.7 Å². The lowest BCUT2D eigenvalue weighted by Gasteiger charge is -2.24. The standard InChI is InChI=1S/C42H18N2O6/c45-20-11-9-17-15-26-18(13-19(17)14-20)10-12-25-29-32-31-28(46)16-27-30(40(48)22-6-2-1-5-21(22)39(27)47)37(31)44-38(32)34-33(36(29)43-35(25)26)41(49)23-7-3-4-8-24(23)42(34)50/h1-15,44H,16H2. The number of aromatic nitrogens is 2. The summed E-state index contributed by atoms with van der Waals surface area (Å²) in [4.78, 5) is 91.4. The fourth-order valence-electron chi connectivity index (χ4n) is 8.44. The van der Waals surface area contributed by atoms with E-state index in [-0.39, 0.29) is 95.0 Å². The molecule has 2 heterocycles. The van der Waals surface area contributed by atoms with Crippen LogP contribution in [0.5, 0.6) is 0 Å². The number of nitrogens with zero attached hydrogens (tertiary/aromatic N) is 1. The molecule has 8 heteroatoms. The Morgan fingerprint density at radius 3 is 2.02 bits per heavy atom. The highest BCUT2D eigenvalue weighted by Gasteiger charge is 2.41. The summed E-state index contributed by atoms with van der Waals surface area (Å²) in [6.45, 7) is 0. The summed E-state index contributed by atoms with van der Waals surface area (Å²) in [6, 6.07) is 25.6. The summed E-state index contributed by atoms with van der Waals surface area (Å²) >= 11 is 0. The molecule has 2 aliphatic rings. The van der Waals surface area contributed by atoms with Gasteiger partial charge in [-0.3, -0.25) is 28.8 Å². The van der Waals surface area contributed by atoms with Crippen LogP contribution in [-0.2, 0) is 0 Å². The summed E-state index contributed by atoms with van der Waals surface area (Å²) in [5.41, 5.74) is 1.29. The number of fused-ring (bicyclic) bond motifs is 16. The fraction of sp³-hybridized carbons (Fsp3) is 0.0238. The van der Waals surface area contributed by atoms with Crippen LogP contribution in [-0.4, -0.2) is 27.3 Å². The molecule has 2 aliphatic carbocycles. The van der Waals surface area contributed by atoms with Crippen LogP contribution < -0.4 is 16.3 Å². The SMILES string of the molecule is O=C1C2=C(C(=O)c3ccccc31)c1[nH]c3c(c1C(=O)C2)c1c2ccc4cc5cc(=O)ccc5cc4c2nc1c1c(=O)c2ccccc2c(=O)c31.